The summed E-state index contributed by atoms with van der Waals surface area (Å²) in [5.41, 5.74) is 2.00. The first-order valence-corrected chi connectivity index (χ1v) is 9.76. The lowest BCUT2D eigenvalue weighted by atomic mass is 10.0. The Bertz CT molecular complexity index is 1020. The summed E-state index contributed by atoms with van der Waals surface area (Å²) in [4.78, 5) is 24.2. The van der Waals surface area contributed by atoms with Gasteiger partial charge >= 0.3 is 0 Å². The number of unbranched alkanes of at least 4 members (excludes halogenated alkanes) is 1. The highest BCUT2D eigenvalue weighted by atomic mass is 16.5. The number of nitrogens with zero attached hydrogens (tertiary/aromatic N) is 1. The van der Waals surface area contributed by atoms with Crippen LogP contribution in [0.15, 0.2) is 53.3 Å². The molecule has 2 aromatic carbocycles. The van der Waals surface area contributed by atoms with Gasteiger partial charge in [0.05, 0.1) is 17.7 Å². The number of methoxy groups -OCH3 is 1. The van der Waals surface area contributed by atoms with Gasteiger partial charge in [0.15, 0.2) is 0 Å². The van der Waals surface area contributed by atoms with E-state index in [0.717, 1.165) is 36.9 Å². The number of nitrogens with one attached hydrogen (secondary N) is 3. The number of hydrogen-bond acceptors (Lipinski definition) is 5. The maximum Gasteiger partial charge on any atom is 0.272 e. The van der Waals surface area contributed by atoms with Crippen LogP contribution in [0.5, 0.6) is 0 Å². The SMILES string of the molecule is COCCNCCCCC(=O)Nc1cccc(-c2n[nH]c(=O)c3ccccc23)c1. The Morgan fingerprint density at radius 1 is 1.07 bits per heavy atom. The fourth-order valence-corrected chi connectivity index (χ4v) is 3.14. The molecule has 7 heteroatoms. The van der Waals surface area contributed by atoms with Crippen molar-refractivity contribution in [3.63, 3.8) is 0 Å². The van der Waals surface area contributed by atoms with Crippen molar-refractivity contribution in [2.75, 3.05) is 32.1 Å². The van der Waals surface area contributed by atoms with E-state index in [0.29, 0.717) is 29.8 Å². The molecule has 7 nitrogen and oxygen atoms in total. The molecule has 3 N–H and O–H groups in total. The molecule has 29 heavy (non-hydrogen) atoms. The predicted molar refractivity (Wildman–Crippen MR) is 115 cm³/mol. The molecule has 0 saturated heterocycles. The van der Waals surface area contributed by atoms with E-state index in [1.165, 1.54) is 0 Å². The van der Waals surface area contributed by atoms with Crippen LogP contribution in [0.1, 0.15) is 19.3 Å². The number of aromatic amines is 1. The summed E-state index contributed by atoms with van der Waals surface area (Å²) in [7, 11) is 1.68. The van der Waals surface area contributed by atoms with Crippen LogP contribution in [-0.4, -0.2) is 42.9 Å². The molecule has 3 aromatic rings. The Morgan fingerprint density at radius 3 is 2.72 bits per heavy atom. The third kappa shape index (κ3) is 5.73. The maximum absolute atomic E-state index is 12.2. The number of fused-ring (bicyclic) bond motifs is 1. The van der Waals surface area contributed by atoms with E-state index < -0.39 is 0 Å². The third-order valence-corrected chi connectivity index (χ3v) is 4.61. The first kappa shape index (κ1) is 20.7. The molecule has 0 aliphatic rings. The topological polar surface area (TPSA) is 96.1 Å². The summed E-state index contributed by atoms with van der Waals surface area (Å²) in [6.45, 7) is 2.39. The van der Waals surface area contributed by atoms with Gasteiger partial charge in [0.25, 0.3) is 5.56 Å². The molecule has 0 aliphatic heterocycles. The average Bonchev–Trinajstić information content (AvgIpc) is 2.74. The van der Waals surface area contributed by atoms with Crippen molar-refractivity contribution >= 4 is 22.4 Å². The minimum Gasteiger partial charge on any atom is -0.383 e. The summed E-state index contributed by atoms with van der Waals surface area (Å²) in [5, 5.41) is 14.3. The van der Waals surface area contributed by atoms with E-state index in [1.54, 1.807) is 13.2 Å². The van der Waals surface area contributed by atoms with Crippen molar-refractivity contribution < 1.29 is 9.53 Å². The van der Waals surface area contributed by atoms with E-state index in [4.69, 9.17) is 4.74 Å². The number of aromatic nitrogens is 2. The average molecular weight is 394 g/mol. The molecule has 0 atom stereocenters. The Balaban J connectivity index is 1.61. The van der Waals surface area contributed by atoms with E-state index in [-0.39, 0.29) is 11.5 Å². The van der Waals surface area contributed by atoms with Crippen LogP contribution in [0, 0.1) is 0 Å². The summed E-state index contributed by atoms with van der Waals surface area (Å²) in [6, 6.07) is 14.8. The summed E-state index contributed by atoms with van der Waals surface area (Å²) < 4.78 is 4.98. The van der Waals surface area contributed by atoms with Crippen molar-refractivity contribution in [1.29, 1.82) is 0 Å². The van der Waals surface area contributed by atoms with Gasteiger partial charge in [-0.15, -0.1) is 0 Å². The zero-order valence-electron chi connectivity index (χ0n) is 16.5. The third-order valence-electron chi connectivity index (χ3n) is 4.61. The van der Waals surface area contributed by atoms with Gasteiger partial charge in [0.1, 0.15) is 0 Å². The first-order valence-electron chi connectivity index (χ1n) is 9.76. The smallest absolute Gasteiger partial charge is 0.272 e. The quantitative estimate of drug-likeness (QED) is 0.460. The normalized spacial score (nSPS) is 10.9. The molecule has 152 valence electrons. The van der Waals surface area contributed by atoms with Crippen molar-refractivity contribution in [3.05, 3.63) is 58.9 Å². The van der Waals surface area contributed by atoms with E-state index in [1.807, 2.05) is 42.5 Å². The summed E-state index contributed by atoms with van der Waals surface area (Å²) in [5.74, 6) is -0.0154. The van der Waals surface area contributed by atoms with E-state index in [2.05, 4.69) is 20.8 Å². The Kier molecular flexibility index (Phi) is 7.49. The lowest BCUT2D eigenvalue weighted by Crippen LogP contribution is -2.20. The molecular weight excluding hydrogens is 368 g/mol. The van der Waals surface area contributed by atoms with Crippen LogP contribution in [0.4, 0.5) is 5.69 Å². The number of hydrogen-bond donors (Lipinski definition) is 3. The number of rotatable bonds is 10. The highest BCUT2D eigenvalue weighted by Gasteiger charge is 2.10. The number of ether oxygens (including phenoxy) is 1. The number of carbonyl (C=O) groups excluding carboxylic acids is 1. The molecule has 0 aliphatic carbocycles. The maximum atomic E-state index is 12.2. The van der Waals surface area contributed by atoms with Crippen LogP contribution >= 0.6 is 0 Å². The fourth-order valence-electron chi connectivity index (χ4n) is 3.14. The van der Waals surface area contributed by atoms with E-state index in [9.17, 15) is 9.59 Å². The molecule has 0 unspecified atom stereocenters. The van der Waals surface area contributed by atoms with Crippen LogP contribution in [-0.2, 0) is 9.53 Å². The van der Waals surface area contributed by atoms with Gasteiger partial charge in [-0.05, 0) is 37.6 Å². The molecule has 1 heterocycles. The van der Waals surface area contributed by atoms with Gasteiger partial charge in [-0.25, -0.2) is 5.10 Å². The molecule has 3 rings (SSSR count). The highest BCUT2D eigenvalue weighted by molar-refractivity contribution is 5.95. The fraction of sp³-hybridized carbons (Fsp3) is 0.318. The number of benzene rings is 2. The summed E-state index contributed by atoms with van der Waals surface area (Å²) >= 11 is 0. The number of anilines is 1. The lowest BCUT2D eigenvalue weighted by Gasteiger charge is -2.09. The first-order chi connectivity index (χ1) is 14.2. The standard InChI is InChI=1S/C22H26N4O3/c1-29-14-13-23-12-5-4-11-20(27)24-17-8-6-7-16(15-17)21-18-9-2-3-10-19(18)22(28)26-25-21/h2-3,6-10,15,23H,4-5,11-14H2,1H3,(H,24,27)(H,26,28). The Labute approximate surface area is 169 Å². The van der Waals surface area contributed by atoms with Gasteiger partial charge in [-0.3, -0.25) is 9.59 Å². The van der Waals surface area contributed by atoms with Crippen LogP contribution in [0.3, 0.4) is 0 Å². The Hall–Kier alpha value is -3.03. The highest BCUT2D eigenvalue weighted by Crippen LogP contribution is 2.26. The second-order valence-electron chi connectivity index (χ2n) is 6.78. The van der Waals surface area contributed by atoms with Crippen LogP contribution in [0.25, 0.3) is 22.0 Å². The lowest BCUT2D eigenvalue weighted by molar-refractivity contribution is -0.116. The minimum absolute atomic E-state index is 0.0154. The predicted octanol–water partition coefficient (Wildman–Crippen LogP) is 2.93. The molecular formula is C22H26N4O3. The van der Waals surface area contributed by atoms with Crippen molar-refractivity contribution in [2.24, 2.45) is 0 Å². The Morgan fingerprint density at radius 2 is 1.90 bits per heavy atom. The second kappa shape index (κ2) is 10.5. The molecule has 0 bridgehead atoms. The second-order valence-corrected chi connectivity index (χ2v) is 6.78. The zero-order chi connectivity index (χ0) is 20.5. The largest absolute Gasteiger partial charge is 0.383 e. The molecule has 0 spiro atoms. The minimum atomic E-state index is -0.217. The van der Waals surface area contributed by atoms with Gasteiger partial charge in [0, 0.05) is 36.7 Å². The molecule has 0 radical (unpaired) electrons. The van der Waals surface area contributed by atoms with Crippen LogP contribution < -0.4 is 16.2 Å². The molecule has 0 saturated carbocycles. The van der Waals surface area contributed by atoms with Crippen molar-refractivity contribution in [2.45, 2.75) is 19.3 Å². The molecule has 1 amide bonds. The summed E-state index contributed by atoms with van der Waals surface area (Å²) in [6.07, 6.45) is 2.22. The van der Waals surface area contributed by atoms with Crippen molar-refractivity contribution in [1.82, 2.24) is 15.5 Å². The number of carbonyl (C=O) groups is 1. The van der Waals surface area contributed by atoms with Gasteiger partial charge < -0.3 is 15.4 Å². The van der Waals surface area contributed by atoms with Crippen LogP contribution in [0.2, 0.25) is 0 Å². The number of amides is 1. The number of H-pyrrole nitrogens is 1. The molecule has 0 fully saturated rings. The van der Waals surface area contributed by atoms with Gasteiger partial charge in [-0.2, -0.15) is 5.10 Å². The molecule has 1 aromatic heterocycles. The zero-order valence-corrected chi connectivity index (χ0v) is 16.5. The monoisotopic (exact) mass is 394 g/mol. The van der Waals surface area contributed by atoms with Gasteiger partial charge in [0.2, 0.25) is 5.91 Å². The van der Waals surface area contributed by atoms with Crippen molar-refractivity contribution in [3.8, 4) is 11.3 Å². The van der Waals surface area contributed by atoms with Gasteiger partial charge in [-0.1, -0.05) is 30.3 Å². The van der Waals surface area contributed by atoms with E-state index >= 15 is 0 Å².